The first-order chi connectivity index (χ1) is 5.81. The average molecular weight is 228 g/mol. The highest BCUT2D eigenvalue weighted by Gasteiger charge is 2.20. The number of anilines is 1. The van der Waals surface area contributed by atoms with Gasteiger partial charge in [0.15, 0.2) is 0 Å². The summed E-state index contributed by atoms with van der Waals surface area (Å²) in [6.45, 7) is 1.07. The molecule has 0 radical (unpaired) electrons. The normalized spacial score (nSPS) is 20.3. The van der Waals surface area contributed by atoms with Crippen LogP contribution in [0, 0.1) is 0 Å². The Hall–Kier alpha value is -0.540. The van der Waals surface area contributed by atoms with Gasteiger partial charge >= 0.3 is 0 Å². The van der Waals surface area contributed by atoms with E-state index in [4.69, 9.17) is 5.11 Å². The van der Waals surface area contributed by atoms with Crippen LogP contribution in [-0.2, 0) is 0 Å². The van der Waals surface area contributed by atoms with Gasteiger partial charge in [-0.05, 0) is 17.7 Å². The Morgan fingerprint density at radius 3 is 3.17 bits per heavy atom. The smallest absolute Gasteiger partial charge is 0.0517 e. The molecule has 0 spiro atoms. The molecule has 1 aliphatic rings. The lowest BCUT2D eigenvalue weighted by molar-refractivity contribution is 0.273. The van der Waals surface area contributed by atoms with Crippen molar-refractivity contribution in [3.63, 3.8) is 0 Å². The van der Waals surface area contributed by atoms with Gasteiger partial charge in [-0.2, -0.15) is 0 Å². The van der Waals surface area contributed by atoms with Crippen LogP contribution in [0.15, 0.2) is 22.7 Å². The summed E-state index contributed by atoms with van der Waals surface area (Å²) in [5.41, 5.74) is 2.36. The van der Waals surface area contributed by atoms with Crippen LogP contribution < -0.4 is 5.32 Å². The summed E-state index contributed by atoms with van der Waals surface area (Å²) in [4.78, 5) is 0. The van der Waals surface area contributed by atoms with E-state index < -0.39 is 0 Å². The third-order valence-corrected chi connectivity index (χ3v) is 2.71. The Morgan fingerprint density at radius 1 is 1.58 bits per heavy atom. The van der Waals surface area contributed by atoms with E-state index >= 15 is 0 Å². The van der Waals surface area contributed by atoms with Gasteiger partial charge in [-0.25, -0.2) is 0 Å². The van der Waals surface area contributed by atoms with E-state index in [0.717, 1.165) is 16.7 Å². The molecular weight excluding hydrogens is 218 g/mol. The van der Waals surface area contributed by atoms with E-state index in [2.05, 4.69) is 27.3 Å². The number of hydrogen-bond acceptors (Lipinski definition) is 2. The van der Waals surface area contributed by atoms with Gasteiger partial charge in [-0.3, -0.25) is 0 Å². The molecule has 0 fully saturated rings. The highest BCUT2D eigenvalue weighted by molar-refractivity contribution is 9.10. The summed E-state index contributed by atoms with van der Waals surface area (Å²) in [5, 5.41) is 12.3. The number of rotatable bonds is 1. The van der Waals surface area contributed by atoms with Gasteiger partial charge in [0.25, 0.3) is 0 Å². The molecule has 64 valence electrons. The van der Waals surface area contributed by atoms with E-state index in [0.29, 0.717) is 0 Å². The van der Waals surface area contributed by atoms with Crippen molar-refractivity contribution in [3.8, 4) is 0 Å². The molecule has 1 aliphatic heterocycles. The first-order valence-electron chi connectivity index (χ1n) is 3.95. The second-order valence-electron chi connectivity index (χ2n) is 2.99. The van der Waals surface area contributed by atoms with Gasteiger partial charge in [0, 0.05) is 22.6 Å². The molecule has 0 saturated heterocycles. The molecule has 3 heteroatoms. The maximum absolute atomic E-state index is 9.03. The first kappa shape index (κ1) is 8.08. The first-order valence-corrected chi connectivity index (χ1v) is 4.74. The second-order valence-corrected chi connectivity index (χ2v) is 3.91. The Labute approximate surface area is 79.7 Å². The predicted molar refractivity (Wildman–Crippen MR) is 52.5 cm³/mol. The van der Waals surface area contributed by atoms with E-state index in [-0.39, 0.29) is 12.5 Å². The number of nitrogens with one attached hydrogen (secondary N) is 1. The molecule has 12 heavy (non-hydrogen) atoms. The van der Waals surface area contributed by atoms with Crippen LogP contribution in [0.3, 0.4) is 0 Å². The van der Waals surface area contributed by atoms with E-state index in [1.54, 1.807) is 0 Å². The van der Waals surface area contributed by atoms with Gasteiger partial charge in [0.2, 0.25) is 0 Å². The quantitative estimate of drug-likeness (QED) is 0.769. The third-order valence-electron chi connectivity index (χ3n) is 2.21. The van der Waals surface area contributed by atoms with Gasteiger partial charge in [-0.15, -0.1) is 0 Å². The number of aliphatic hydroxyl groups excluding tert-OH is 1. The summed E-state index contributed by atoms with van der Waals surface area (Å²) in [7, 11) is 0. The molecule has 0 amide bonds. The highest BCUT2D eigenvalue weighted by atomic mass is 79.9. The molecule has 1 heterocycles. The zero-order valence-corrected chi connectivity index (χ0v) is 8.13. The predicted octanol–water partition coefficient (Wildman–Crippen LogP) is 1.95. The van der Waals surface area contributed by atoms with Crippen LogP contribution in [0.4, 0.5) is 5.69 Å². The molecule has 2 rings (SSSR count). The van der Waals surface area contributed by atoms with Crippen molar-refractivity contribution >= 4 is 21.6 Å². The zero-order valence-electron chi connectivity index (χ0n) is 6.55. The molecule has 0 aromatic heterocycles. The van der Waals surface area contributed by atoms with E-state index in [1.165, 1.54) is 5.56 Å². The summed E-state index contributed by atoms with van der Waals surface area (Å²) in [6, 6.07) is 6.11. The molecule has 1 unspecified atom stereocenters. The van der Waals surface area contributed by atoms with Crippen molar-refractivity contribution < 1.29 is 5.11 Å². The number of benzene rings is 1. The Balaban J connectivity index is 2.40. The molecule has 0 bridgehead atoms. The summed E-state index contributed by atoms with van der Waals surface area (Å²) >= 11 is 3.40. The van der Waals surface area contributed by atoms with Crippen LogP contribution in [-0.4, -0.2) is 18.3 Å². The minimum atomic E-state index is 0.224. The van der Waals surface area contributed by atoms with Gasteiger partial charge in [0.05, 0.1) is 6.61 Å². The van der Waals surface area contributed by atoms with Gasteiger partial charge in [0.1, 0.15) is 0 Å². The van der Waals surface area contributed by atoms with Crippen LogP contribution in [0.25, 0.3) is 0 Å². The molecule has 0 saturated carbocycles. The molecule has 1 aromatic carbocycles. The largest absolute Gasteiger partial charge is 0.396 e. The molecule has 1 aromatic rings. The van der Waals surface area contributed by atoms with Crippen molar-refractivity contribution in [1.82, 2.24) is 0 Å². The molecule has 0 aliphatic carbocycles. The lowest BCUT2D eigenvalue weighted by Crippen LogP contribution is -2.05. The van der Waals surface area contributed by atoms with E-state index in [1.807, 2.05) is 12.1 Å². The van der Waals surface area contributed by atoms with Crippen molar-refractivity contribution in [2.24, 2.45) is 0 Å². The summed E-state index contributed by atoms with van der Waals surface area (Å²) in [6.07, 6.45) is 0. The van der Waals surface area contributed by atoms with Crippen LogP contribution in [0.2, 0.25) is 0 Å². The number of aliphatic hydroxyl groups is 1. The maximum atomic E-state index is 9.03. The van der Waals surface area contributed by atoms with Crippen LogP contribution >= 0.6 is 15.9 Å². The van der Waals surface area contributed by atoms with Crippen LogP contribution in [0.1, 0.15) is 11.5 Å². The number of halogens is 1. The Kier molecular flexibility index (Phi) is 2.07. The van der Waals surface area contributed by atoms with Crippen molar-refractivity contribution in [2.45, 2.75) is 5.92 Å². The maximum Gasteiger partial charge on any atom is 0.0517 e. The summed E-state index contributed by atoms with van der Waals surface area (Å²) in [5.74, 6) is 0.271. The Bertz CT molecular complexity index is 301. The average Bonchev–Trinajstić information content (AvgIpc) is 2.46. The van der Waals surface area contributed by atoms with Crippen molar-refractivity contribution in [1.29, 1.82) is 0 Å². The minimum Gasteiger partial charge on any atom is -0.396 e. The zero-order chi connectivity index (χ0) is 8.55. The van der Waals surface area contributed by atoms with Gasteiger partial charge < -0.3 is 10.4 Å². The second kappa shape index (κ2) is 3.07. The molecule has 1 atom stereocenters. The van der Waals surface area contributed by atoms with Crippen LogP contribution in [0.5, 0.6) is 0 Å². The number of hydrogen-bond donors (Lipinski definition) is 2. The van der Waals surface area contributed by atoms with Crippen molar-refractivity contribution in [2.75, 3.05) is 18.5 Å². The standard InChI is InChI=1S/C9H10BrNO/c10-7-1-2-8-6(5-12)4-11-9(8)3-7/h1-3,6,11-12H,4-5H2. The SMILES string of the molecule is OCC1CNc2cc(Br)ccc21. The van der Waals surface area contributed by atoms with Crippen molar-refractivity contribution in [3.05, 3.63) is 28.2 Å². The van der Waals surface area contributed by atoms with Gasteiger partial charge in [-0.1, -0.05) is 22.0 Å². The lowest BCUT2D eigenvalue weighted by atomic mass is 10.0. The third kappa shape index (κ3) is 1.23. The number of fused-ring (bicyclic) bond motifs is 1. The molecule has 2 N–H and O–H groups in total. The minimum absolute atomic E-state index is 0.224. The highest BCUT2D eigenvalue weighted by Crippen LogP contribution is 2.32. The summed E-state index contributed by atoms with van der Waals surface area (Å²) < 4.78 is 1.08. The fraction of sp³-hybridized carbons (Fsp3) is 0.333. The topological polar surface area (TPSA) is 32.3 Å². The fourth-order valence-electron chi connectivity index (χ4n) is 1.54. The van der Waals surface area contributed by atoms with E-state index in [9.17, 15) is 0 Å². The fourth-order valence-corrected chi connectivity index (χ4v) is 1.90. The lowest BCUT2D eigenvalue weighted by Gasteiger charge is -2.04. The Morgan fingerprint density at radius 2 is 2.42 bits per heavy atom. The molecular formula is C9H10BrNO. The monoisotopic (exact) mass is 227 g/mol. The molecule has 2 nitrogen and oxygen atoms in total.